The average Bonchev–Trinajstić information content (AvgIpc) is 3.01. The summed E-state index contributed by atoms with van der Waals surface area (Å²) in [5, 5.41) is 0. The molecule has 2 N–H and O–H groups in total. The van der Waals surface area contributed by atoms with E-state index in [4.69, 9.17) is 10.2 Å². The van der Waals surface area contributed by atoms with E-state index in [1.165, 1.54) is 0 Å². The summed E-state index contributed by atoms with van der Waals surface area (Å²) in [6, 6.07) is 4.02. The Hall–Kier alpha value is -1.29. The van der Waals surface area contributed by atoms with E-state index in [0.717, 1.165) is 18.6 Å². The fourth-order valence-electron chi connectivity index (χ4n) is 1.83. The number of nitrogens with two attached hydrogens (primary N) is 1. The quantitative estimate of drug-likeness (QED) is 0.847. The molecule has 2 rings (SSSR count). The molecule has 94 valence electrons. The summed E-state index contributed by atoms with van der Waals surface area (Å²) in [7, 11) is 0. The average molecular weight is 236 g/mol. The Balaban J connectivity index is 2.04. The number of carbonyl (C=O) groups excluding carboxylic acids is 1. The zero-order valence-corrected chi connectivity index (χ0v) is 10.4. The summed E-state index contributed by atoms with van der Waals surface area (Å²) in [6.45, 7) is 4.33. The van der Waals surface area contributed by atoms with Crippen LogP contribution in [0.1, 0.15) is 32.4 Å². The van der Waals surface area contributed by atoms with E-state index < -0.39 is 0 Å². The number of carbonyl (C=O) groups is 1. The second-order valence-electron chi connectivity index (χ2n) is 4.92. The first kappa shape index (κ1) is 12.2. The van der Waals surface area contributed by atoms with Crippen molar-refractivity contribution in [3.05, 3.63) is 24.2 Å². The second-order valence-corrected chi connectivity index (χ2v) is 4.92. The van der Waals surface area contributed by atoms with Crippen LogP contribution < -0.4 is 5.73 Å². The van der Waals surface area contributed by atoms with E-state index in [9.17, 15) is 4.79 Å². The first-order valence-corrected chi connectivity index (χ1v) is 6.18. The molecule has 0 aliphatic heterocycles. The Bertz CT molecular complexity index is 369. The molecule has 1 saturated carbocycles. The predicted molar refractivity (Wildman–Crippen MR) is 65.1 cm³/mol. The van der Waals surface area contributed by atoms with Crippen molar-refractivity contribution >= 4 is 5.91 Å². The van der Waals surface area contributed by atoms with Crippen LogP contribution in [0.25, 0.3) is 0 Å². The van der Waals surface area contributed by atoms with Crippen molar-refractivity contribution in [3.63, 3.8) is 0 Å². The standard InChI is InChI=1S/C13H20N2O2/c1-9(10(2)14)13(16)15(11-5-6-11)8-12-4-3-7-17-12/h3-4,7,9-11H,5-6,8,14H2,1-2H3. The topological polar surface area (TPSA) is 59.5 Å². The summed E-state index contributed by atoms with van der Waals surface area (Å²) in [5.41, 5.74) is 5.80. The van der Waals surface area contributed by atoms with Gasteiger partial charge >= 0.3 is 0 Å². The van der Waals surface area contributed by atoms with Gasteiger partial charge in [-0.3, -0.25) is 4.79 Å². The lowest BCUT2D eigenvalue weighted by atomic mass is 10.0. The van der Waals surface area contributed by atoms with Crippen molar-refractivity contribution in [2.24, 2.45) is 11.7 Å². The van der Waals surface area contributed by atoms with E-state index in [1.54, 1.807) is 6.26 Å². The molecule has 0 bridgehead atoms. The number of rotatable bonds is 5. The van der Waals surface area contributed by atoms with Gasteiger partial charge in [0.05, 0.1) is 18.7 Å². The van der Waals surface area contributed by atoms with Crippen LogP contribution in [0.15, 0.2) is 22.8 Å². The van der Waals surface area contributed by atoms with Crippen molar-refractivity contribution in [2.75, 3.05) is 0 Å². The molecular formula is C13H20N2O2. The van der Waals surface area contributed by atoms with E-state index in [2.05, 4.69) is 0 Å². The smallest absolute Gasteiger partial charge is 0.227 e. The van der Waals surface area contributed by atoms with Gasteiger partial charge in [0.2, 0.25) is 5.91 Å². The van der Waals surface area contributed by atoms with Crippen LogP contribution in [-0.2, 0) is 11.3 Å². The highest BCUT2D eigenvalue weighted by molar-refractivity contribution is 5.79. The molecular weight excluding hydrogens is 216 g/mol. The minimum Gasteiger partial charge on any atom is -0.467 e. The van der Waals surface area contributed by atoms with E-state index in [0.29, 0.717) is 12.6 Å². The molecule has 1 aliphatic rings. The van der Waals surface area contributed by atoms with E-state index in [-0.39, 0.29) is 17.9 Å². The molecule has 0 spiro atoms. The first-order valence-electron chi connectivity index (χ1n) is 6.18. The molecule has 1 heterocycles. The Morgan fingerprint density at radius 3 is 2.76 bits per heavy atom. The number of nitrogens with zero attached hydrogens (tertiary/aromatic N) is 1. The zero-order valence-electron chi connectivity index (χ0n) is 10.4. The zero-order chi connectivity index (χ0) is 12.4. The lowest BCUT2D eigenvalue weighted by molar-refractivity contribution is -0.137. The van der Waals surface area contributed by atoms with Gasteiger partial charge in [-0.1, -0.05) is 6.92 Å². The van der Waals surface area contributed by atoms with Gasteiger partial charge in [-0.25, -0.2) is 0 Å². The van der Waals surface area contributed by atoms with Crippen molar-refractivity contribution in [1.29, 1.82) is 0 Å². The van der Waals surface area contributed by atoms with Gasteiger partial charge in [-0.2, -0.15) is 0 Å². The molecule has 2 unspecified atom stereocenters. The molecule has 0 radical (unpaired) electrons. The van der Waals surface area contributed by atoms with Gasteiger partial charge in [-0.15, -0.1) is 0 Å². The van der Waals surface area contributed by atoms with E-state index >= 15 is 0 Å². The van der Waals surface area contributed by atoms with E-state index in [1.807, 2.05) is 30.9 Å². The lowest BCUT2D eigenvalue weighted by Gasteiger charge is -2.26. The Kier molecular flexibility index (Phi) is 3.52. The van der Waals surface area contributed by atoms with Gasteiger partial charge in [0, 0.05) is 12.1 Å². The lowest BCUT2D eigenvalue weighted by Crippen LogP contribution is -2.42. The van der Waals surface area contributed by atoms with Crippen LogP contribution in [0, 0.1) is 5.92 Å². The minimum atomic E-state index is -0.134. The van der Waals surface area contributed by atoms with Crippen LogP contribution >= 0.6 is 0 Å². The highest BCUT2D eigenvalue weighted by atomic mass is 16.3. The Morgan fingerprint density at radius 1 is 1.59 bits per heavy atom. The molecule has 1 aromatic heterocycles. The van der Waals surface area contributed by atoms with Crippen molar-refractivity contribution in [2.45, 2.75) is 45.3 Å². The van der Waals surface area contributed by atoms with Gasteiger partial charge in [0.25, 0.3) is 0 Å². The molecule has 17 heavy (non-hydrogen) atoms. The molecule has 0 aromatic carbocycles. The molecule has 1 aromatic rings. The largest absolute Gasteiger partial charge is 0.467 e. The van der Waals surface area contributed by atoms with Gasteiger partial charge in [0.15, 0.2) is 0 Å². The third kappa shape index (κ3) is 2.88. The SMILES string of the molecule is CC(N)C(C)C(=O)N(Cc1ccco1)C1CC1. The minimum absolute atomic E-state index is 0.111. The Labute approximate surface area is 102 Å². The molecule has 1 amide bonds. The van der Waals surface area contributed by atoms with Gasteiger partial charge in [-0.05, 0) is 31.9 Å². The number of amides is 1. The molecule has 1 fully saturated rings. The summed E-state index contributed by atoms with van der Waals surface area (Å²) in [5.74, 6) is 0.839. The second kappa shape index (κ2) is 4.92. The van der Waals surface area contributed by atoms with Crippen molar-refractivity contribution in [3.8, 4) is 0 Å². The molecule has 4 nitrogen and oxygen atoms in total. The Morgan fingerprint density at radius 2 is 2.29 bits per heavy atom. The molecule has 1 aliphatic carbocycles. The van der Waals surface area contributed by atoms with Gasteiger partial charge < -0.3 is 15.1 Å². The van der Waals surface area contributed by atoms with Crippen molar-refractivity contribution < 1.29 is 9.21 Å². The maximum Gasteiger partial charge on any atom is 0.227 e. The summed E-state index contributed by atoms with van der Waals surface area (Å²) < 4.78 is 5.31. The predicted octanol–water partition coefficient (Wildman–Crippen LogP) is 1.75. The number of furan rings is 1. The fourth-order valence-corrected chi connectivity index (χ4v) is 1.83. The summed E-state index contributed by atoms with van der Waals surface area (Å²) >= 11 is 0. The maximum absolute atomic E-state index is 12.3. The van der Waals surface area contributed by atoms with Crippen LogP contribution in [0.5, 0.6) is 0 Å². The highest BCUT2D eigenvalue weighted by Gasteiger charge is 2.35. The summed E-state index contributed by atoms with van der Waals surface area (Å²) in [6.07, 6.45) is 3.83. The van der Waals surface area contributed by atoms with Crippen LogP contribution in [0.2, 0.25) is 0 Å². The van der Waals surface area contributed by atoms with Crippen LogP contribution in [0.4, 0.5) is 0 Å². The molecule has 0 saturated heterocycles. The first-order chi connectivity index (χ1) is 8.09. The normalized spacial score (nSPS) is 18.8. The van der Waals surface area contributed by atoms with Crippen LogP contribution in [0.3, 0.4) is 0 Å². The van der Waals surface area contributed by atoms with Crippen LogP contribution in [-0.4, -0.2) is 22.9 Å². The monoisotopic (exact) mass is 236 g/mol. The highest BCUT2D eigenvalue weighted by Crippen LogP contribution is 2.30. The third-order valence-corrected chi connectivity index (χ3v) is 3.36. The number of hydrogen-bond donors (Lipinski definition) is 1. The van der Waals surface area contributed by atoms with Gasteiger partial charge in [0.1, 0.15) is 5.76 Å². The number of hydrogen-bond acceptors (Lipinski definition) is 3. The summed E-state index contributed by atoms with van der Waals surface area (Å²) in [4.78, 5) is 14.2. The van der Waals surface area contributed by atoms with Crippen molar-refractivity contribution in [1.82, 2.24) is 4.90 Å². The molecule has 4 heteroatoms. The maximum atomic E-state index is 12.3. The third-order valence-electron chi connectivity index (χ3n) is 3.36. The fraction of sp³-hybridized carbons (Fsp3) is 0.615. The molecule has 2 atom stereocenters.